The summed E-state index contributed by atoms with van der Waals surface area (Å²) in [4.78, 5) is 20.8. The van der Waals surface area contributed by atoms with Crippen molar-refractivity contribution in [2.75, 3.05) is 6.61 Å². The number of rotatable bonds is 4. The van der Waals surface area contributed by atoms with Gasteiger partial charge in [0, 0.05) is 6.08 Å². The first-order valence-electron chi connectivity index (χ1n) is 2.83. The molecule has 0 saturated carbocycles. The van der Waals surface area contributed by atoms with Crippen LogP contribution in [0.1, 0.15) is 6.92 Å². The van der Waals surface area contributed by atoms with E-state index in [2.05, 4.69) is 15.6 Å². The van der Waals surface area contributed by atoms with E-state index < -0.39 is 13.8 Å². The Hall–Kier alpha value is 0.360. The summed E-state index contributed by atoms with van der Waals surface area (Å²) in [5.41, 5.74) is 0. The molecule has 0 rings (SSSR count). The van der Waals surface area contributed by atoms with Gasteiger partial charge in [-0.3, -0.25) is 4.57 Å². The molecular formula is C5H8NaO5P. The predicted octanol–water partition coefficient (Wildman–Crippen LogP) is -2.78. The van der Waals surface area contributed by atoms with Gasteiger partial charge in [0.05, 0.1) is 6.61 Å². The number of carbonyl (C=O) groups is 1. The van der Waals surface area contributed by atoms with Crippen molar-refractivity contribution in [2.45, 2.75) is 6.92 Å². The van der Waals surface area contributed by atoms with Crippen LogP contribution in [0.2, 0.25) is 0 Å². The third-order valence-corrected chi connectivity index (χ3v) is 1.63. The summed E-state index contributed by atoms with van der Waals surface area (Å²) in [7, 11) is -4.44. The second-order valence-corrected chi connectivity index (χ2v) is 2.81. The zero-order valence-electron chi connectivity index (χ0n) is 6.98. The molecule has 0 fully saturated rings. The summed E-state index contributed by atoms with van der Waals surface area (Å²) in [6.07, 6.45) is 0.740. The van der Waals surface area contributed by atoms with Crippen molar-refractivity contribution < 1.29 is 52.9 Å². The number of phosphoric acid groups is 1. The molecule has 5 nitrogen and oxygen atoms in total. The fourth-order valence-corrected chi connectivity index (χ4v) is 0.996. The smallest absolute Gasteiger partial charge is 0.746 e. The largest absolute Gasteiger partial charge is 1.00 e. The molecule has 0 aromatic carbocycles. The summed E-state index contributed by atoms with van der Waals surface area (Å²) in [5.74, 6) is -1.04. The first-order valence-corrected chi connectivity index (χ1v) is 4.29. The Morgan fingerprint density at radius 1 is 1.75 bits per heavy atom. The van der Waals surface area contributed by atoms with Crippen molar-refractivity contribution >= 4 is 13.8 Å². The van der Waals surface area contributed by atoms with Gasteiger partial charge in [0.2, 0.25) is 0 Å². The molecule has 0 saturated heterocycles. The third-order valence-electron chi connectivity index (χ3n) is 0.656. The molecule has 1 unspecified atom stereocenters. The van der Waals surface area contributed by atoms with E-state index >= 15 is 0 Å². The maximum atomic E-state index is 10.5. The Balaban J connectivity index is 0. The first kappa shape index (κ1) is 14.9. The summed E-state index contributed by atoms with van der Waals surface area (Å²) in [6, 6.07) is 0. The van der Waals surface area contributed by atoms with Gasteiger partial charge in [0.15, 0.2) is 0 Å². The molecule has 0 N–H and O–H groups in total. The monoisotopic (exact) mass is 202 g/mol. The Bertz CT molecular complexity index is 204. The van der Waals surface area contributed by atoms with Gasteiger partial charge < -0.3 is 13.9 Å². The second kappa shape index (κ2) is 6.83. The van der Waals surface area contributed by atoms with E-state index in [0.29, 0.717) is 0 Å². The van der Waals surface area contributed by atoms with E-state index in [0.717, 1.165) is 6.08 Å². The van der Waals surface area contributed by atoms with Crippen LogP contribution in [0.25, 0.3) is 0 Å². The van der Waals surface area contributed by atoms with Crippen molar-refractivity contribution in [1.82, 2.24) is 0 Å². The normalized spacial score (nSPS) is 13.8. The number of phosphoric ester groups is 1. The molecule has 0 spiro atoms. The van der Waals surface area contributed by atoms with E-state index in [1.54, 1.807) is 0 Å². The molecule has 0 aromatic rings. The van der Waals surface area contributed by atoms with Crippen LogP contribution < -0.4 is 34.5 Å². The molecule has 0 aliphatic heterocycles. The quantitative estimate of drug-likeness (QED) is 0.280. The average molecular weight is 202 g/mol. The van der Waals surface area contributed by atoms with E-state index in [9.17, 15) is 14.3 Å². The fourth-order valence-electron chi connectivity index (χ4n) is 0.332. The minimum Gasteiger partial charge on any atom is -0.746 e. The topological polar surface area (TPSA) is 75.7 Å². The maximum absolute atomic E-state index is 10.5. The van der Waals surface area contributed by atoms with Gasteiger partial charge in [-0.05, 0) is 6.92 Å². The average Bonchev–Trinajstić information content (AvgIpc) is 1.86. The Labute approximate surface area is 92.7 Å². The van der Waals surface area contributed by atoms with Crippen molar-refractivity contribution in [1.29, 1.82) is 0 Å². The number of hydrogen-bond donors (Lipinski definition) is 0. The molecule has 12 heavy (non-hydrogen) atoms. The van der Waals surface area contributed by atoms with Crippen LogP contribution in [0.3, 0.4) is 0 Å². The standard InChI is InChI=1S/C5H9O5P.Na/c1-3-5(6)10-11(7,8)9-4-2;/h3H,1,4H2,2H3,(H,7,8);/q;+1/p-1. The van der Waals surface area contributed by atoms with Gasteiger partial charge in [-0.1, -0.05) is 6.58 Å². The minimum absolute atomic E-state index is 0. The molecule has 1 atom stereocenters. The molecule has 0 aliphatic rings. The molecule has 0 aromatic heterocycles. The van der Waals surface area contributed by atoms with Crippen LogP contribution in [0.15, 0.2) is 12.7 Å². The Morgan fingerprint density at radius 2 is 2.25 bits per heavy atom. The summed E-state index contributed by atoms with van der Waals surface area (Å²) in [5, 5.41) is 0. The summed E-state index contributed by atoms with van der Waals surface area (Å²) < 4.78 is 18.5. The molecule has 64 valence electrons. The molecular weight excluding hydrogens is 194 g/mol. The Morgan fingerprint density at radius 3 is 2.58 bits per heavy atom. The zero-order chi connectivity index (χ0) is 8.91. The van der Waals surface area contributed by atoms with E-state index in [4.69, 9.17) is 0 Å². The number of carbonyl (C=O) groups excluding carboxylic acids is 1. The Kier molecular flexibility index (Phi) is 8.46. The number of hydrogen-bond acceptors (Lipinski definition) is 5. The van der Waals surface area contributed by atoms with Crippen LogP contribution >= 0.6 is 7.82 Å². The van der Waals surface area contributed by atoms with Crippen LogP contribution in [0.5, 0.6) is 0 Å². The summed E-state index contributed by atoms with van der Waals surface area (Å²) >= 11 is 0. The SMILES string of the molecule is C=CC(=O)OP(=O)([O-])OCC.[Na+]. The van der Waals surface area contributed by atoms with Gasteiger partial charge in [0.25, 0.3) is 0 Å². The summed E-state index contributed by atoms with van der Waals surface area (Å²) in [6.45, 7) is 4.42. The molecule has 0 heterocycles. The van der Waals surface area contributed by atoms with Gasteiger partial charge >= 0.3 is 43.3 Å². The molecule has 0 radical (unpaired) electrons. The van der Waals surface area contributed by atoms with Crippen LogP contribution in [-0.4, -0.2) is 12.6 Å². The zero-order valence-corrected chi connectivity index (χ0v) is 9.87. The van der Waals surface area contributed by atoms with Crippen molar-refractivity contribution in [3.8, 4) is 0 Å². The van der Waals surface area contributed by atoms with Crippen LogP contribution in [-0.2, 0) is 18.4 Å². The van der Waals surface area contributed by atoms with Crippen molar-refractivity contribution in [2.24, 2.45) is 0 Å². The van der Waals surface area contributed by atoms with Gasteiger partial charge in [-0.25, -0.2) is 4.79 Å². The molecule has 0 amide bonds. The second-order valence-electron chi connectivity index (χ2n) is 1.48. The maximum Gasteiger partial charge on any atom is 1.00 e. The van der Waals surface area contributed by atoms with Crippen molar-refractivity contribution in [3.05, 3.63) is 12.7 Å². The fraction of sp³-hybridized carbons (Fsp3) is 0.400. The van der Waals surface area contributed by atoms with Crippen LogP contribution in [0, 0.1) is 0 Å². The van der Waals surface area contributed by atoms with Gasteiger partial charge in [0.1, 0.15) is 0 Å². The van der Waals surface area contributed by atoms with Gasteiger partial charge in [-0.2, -0.15) is 0 Å². The molecule has 0 aliphatic carbocycles. The molecule has 7 heteroatoms. The van der Waals surface area contributed by atoms with E-state index in [1.165, 1.54) is 6.92 Å². The predicted molar refractivity (Wildman–Crippen MR) is 35.5 cm³/mol. The molecule has 0 bridgehead atoms. The minimum atomic E-state index is -4.44. The van der Waals surface area contributed by atoms with Crippen LogP contribution in [0.4, 0.5) is 0 Å². The first-order chi connectivity index (χ1) is 5.02. The third kappa shape index (κ3) is 7.03. The van der Waals surface area contributed by atoms with Crippen molar-refractivity contribution in [3.63, 3.8) is 0 Å². The van der Waals surface area contributed by atoms with E-state index in [1.807, 2.05) is 0 Å². The van der Waals surface area contributed by atoms with Gasteiger partial charge in [-0.15, -0.1) is 0 Å². The van der Waals surface area contributed by atoms with E-state index in [-0.39, 0.29) is 36.2 Å².